The van der Waals surface area contributed by atoms with Gasteiger partial charge < -0.3 is 15.8 Å². The van der Waals surface area contributed by atoms with Crippen LogP contribution in [0.2, 0.25) is 0 Å². The highest BCUT2D eigenvalue weighted by molar-refractivity contribution is 5.89. The highest BCUT2D eigenvalue weighted by atomic mass is 35.5. The number of rotatable bonds is 6. The van der Waals surface area contributed by atoms with E-state index in [4.69, 9.17) is 10.5 Å². The van der Waals surface area contributed by atoms with Gasteiger partial charge in [0.1, 0.15) is 6.10 Å². The third-order valence-corrected chi connectivity index (χ3v) is 4.54. The average molecular weight is 341 g/mol. The predicted molar refractivity (Wildman–Crippen MR) is 97.0 cm³/mol. The minimum atomic E-state index is -0.272. The third-order valence-electron chi connectivity index (χ3n) is 4.54. The van der Waals surface area contributed by atoms with Crippen molar-refractivity contribution >= 4 is 24.1 Å². The second kappa shape index (κ2) is 9.78. The SMILES string of the molecule is CCNC(C1CCCCC1)C(C)OC(=O)c1ccc(N)cc1.Cl. The summed E-state index contributed by atoms with van der Waals surface area (Å²) in [5.41, 5.74) is 6.86. The molecule has 1 aliphatic rings. The number of nitrogens with one attached hydrogen (secondary N) is 1. The van der Waals surface area contributed by atoms with Crippen LogP contribution in [-0.4, -0.2) is 24.7 Å². The molecular formula is C18H29ClN2O2. The number of carbonyl (C=O) groups is 1. The largest absolute Gasteiger partial charge is 0.457 e. The lowest BCUT2D eigenvalue weighted by atomic mass is 9.82. The summed E-state index contributed by atoms with van der Waals surface area (Å²) < 4.78 is 5.70. The lowest BCUT2D eigenvalue weighted by Crippen LogP contribution is -2.46. The van der Waals surface area contributed by atoms with Gasteiger partial charge in [-0.2, -0.15) is 0 Å². The molecule has 0 heterocycles. The van der Waals surface area contributed by atoms with E-state index in [1.54, 1.807) is 24.3 Å². The smallest absolute Gasteiger partial charge is 0.338 e. The molecule has 3 N–H and O–H groups in total. The zero-order chi connectivity index (χ0) is 15.9. The summed E-state index contributed by atoms with van der Waals surface area (Å²) in [6.07, 6.45) is 6.21. The van der Waals surface area contributed by atoms with Gasteiger partial charge in [-0.05, 0) is 56.5 Å². The second-order valence-electron chi connectivity index (χ2n) is 6.21. The molecular weight excluding hydrogens is 312 g/mol. The van der Waals surface area contributed by atoms with E-state index in [0.29, 0.717) is 17.2 Å². The highest BCUT2D eigenvalue weighted by Crippen LogP contribution is 2.28. The van der Waals surface area contributed by atoms with Crippen LogP contribution < -0.4 is 11.1 Å². The number of hydrogen-bond acceptors (Lipinski definition) is 4. The van der Waals surface area contributed by atoms with Gasteiger partial charge in [-0.3, -0.25) is 0 Å². The Balaban J connectivity index is 0.00000264. The zero-order valence-electron chi connectivity index (χ0n) is 14.1. The molecule has 1 fully saturated rings. The second-order valence-corrected chi connectivity index (χ2v) is 6.21. The van der Waals surface area contributed by atoms with Crippen molar-refractivity contribution in [2.45, 2.75) is 58.1 Å². The van der Waals surface area contributed by atoms with E-state index in [0.717, 1.165) is 6.54 Å². The van der Waals surface area contributed by atoms with Crippen LogP contribution in [0.15, 0.2) is 24.3 Å². The van der Waals surface area contributed by atoms with E-state index >= 15 is 0 Å². The van der Waals surface area contributed by atoms with Gasteiger partial charge in [0.25, 0.3) is 0 Å². The fourth-order valence-corrected chi connectivity index (χ4v) is 3.37. The standard InChI is InChI=1S/C18H28N2O2.ClH/c1-3-20-17(14-7-5-4-6-8-14)13(2)22-18(21)15-9-11-16(19)12-10-15;/h9-14,17,20H,3-8,19H2,1-2H3;1H. The highest BCUT2D eigenvalue weighted by Gasteiger charge is 2.29. The summed E-state index contributed by atoms with van der Waals surface area (Å²) in [5.74, 6) is 0.328. The van der Waals surface area contributed by atoms with Crippen molar-refractivity contribution in [3.05, 3.63) is 29.8 Å². The molecule has 1 aromatic carbocycles. The van der Waals surface area contributed by atoms with Crippen LogP contribution in [0.3, 0.4) is 0 Å². The number of anilines is 1. The average Bonchev–Trinajstić information content (AvgIpc) is 2.53. The molecule has 1 saturated carbocycles. The van der Waals surface area contributed by atoms with Crippen LogP contribution in [0, 0.1) is 5.92 Å². The molecule has 130 valence electrons. The first-order valence-corrected chi connectivity index (χ1v) is 8.41. The van der Waals surface area contributed by atoms with Crippen LogP contribution in [-0.2, 0) is 4.74 Å². The van der Waals surface area contributed by atoms with Crippen LogP contribution >= 0.6 is 12.4 Å². The Morgan fingerprint density at radius 1 is 1.26 bits per heavy atom. The van der Waals surface area contributed by atoms with Gasteiger partial charge in [0, 0.05) is 11.7 Å². The van der Waals surface area contributed by atoms with Gasteiger partial charge in [0.2, 0.25) is 0 Å². The Bertz CT molecular complexity index is 472. The van der Waals surface area contributed by atoms with E-state index < -0.39 is 0 Å². The van der Waals surface area contributed by atoms with Crippen LogP contribution in [0.4, 0.5) is 5.69 Å². The molecule has 0 amide bonds. The molecule has 2 rings (SSSR count). The monoisotopic (exact) mass is 340 g/mol. The van der Waals surface area contributed by atoms with Crippen molar-refractivity contribution in [1.29, 1.82) is 0 Å². The number of carbonyl (C=O) groups excluding carboxylic acids is 1. The molecule has 0 aliphatic heterocycles. The molecule has 1 aliphatic carbocycles. The quantitative estimate of drug-likeness (QED) is 0.610. The first-order chi connectivity index (χ1) is 10.6. The number of esters is 1. The Morgan fingerprint density at radius 2 is 1.87 bits per heavy atom. The lowest BCUT2D eigenvalue weighted by molar-refractivity contribution is 0.0161. The van der Waals surface area contributed by atoms with E-state index in [-0.39, 0.29) is 30.5 Å². The summed E-state index contributed by atoms with van der Waals surface area (Å²) in [6, 6.07) is 7.12. The maximum absolute atomic E-state index is 12.3. The van der Waals surface area contributed by atoms with Crippen LogP contribution in [0.1, 0.15) is 56.3 Å². The minimum Gasteiger partial charge on any atom is -0.457 e. The summed E-state index contributed by atoms with van der Waals surface area (Å²) in [6.45, 7) is 4.99. The van der Waals surface area contributed by atoms with Crippen LogP contribution in [0.5, 0.6) is 0 Å². The molecule has 5 heteroatoms. The molecule has 0 aromatic heterocycles. The third kappa shape index (κ3) is 5.70. The molecule has 1 aromatic rings. The molecule has 23 heavy (non-hydrogen) atoms. The fourth-order valence-electron chi connectivity index (χ4n) is 3.37. The molecule has 0 spiro atoms. The van der Waals surface area contributed by atoms with Gasteiger partial charge in [0.15, 0.2) is 0 Å². The number of nitrogens with two attached hydrogens (primary N) is 1. The van der Waals surface area contributed by atoms with E-state index in [1.165, 1.54) is 32.1 Å². The molecule has 0 bridgehead atoms. The number of hydrogen-bond donors (Lipinski definition) is 2. The van der Waals surface area contributed by atoms with Crippen molar-refractivity contribution in [1.82, 2.24) is 5.32 Å². The molecule has 0 saturated heterocycles. The number of likely N-dealkylation sites (N-methyl/N-ethyl adjacent to an activating group) is 1. The van der Waals surface area contributed by atoms with Crippen molar-refractivity contribution in [2.75, 3.05) is 12.3 Å². The van der Waals surface area contributed by atoms with E-state index in [9.17, 15) is 4.79 Å². The van der Waals surface area contributed by atoms with Gasteiger partial charge in [-0.1, -0.05) is 26.2 Å². The van der Waals surface area contributed by atoms with Crippen molar-refractivity contribution in [2.24, 2.45) is 5.92 Å². The maximum atomic E-state index is 12.3. The Labute approximate surface area is 145 Å². The molecule has 4 nitrogen and oxygen atoms in total. The van der Waals surface area contributed by atoms with E-state index in [1.807, 2.05) is 6.92 Å². The maximum Gasteiger partial charge on any atom is 0.338 e. The summed E-state index contributed by atoms with van der Waals surface area (Å²) in [5, 5.41) is 3.52. The Morgan fingerprint density at radius 3 is 2.43 bits per heavy atom. The summed E-state index contributed by atoms with van der Waals surface area (Å²) in [7, 11) is 0. The summed E-state index contributed by atoms with van der Waals surface area (Å²) >= 11 is 0. The number of ether oxygens (including phenoxy) is 1. The van der Waals surface area contributed by atoms with E-state index in [2.05, 4.69) is 12.2 Å². The van der Waals surface area contributed by atoms with Gasteiger partial charge in [-0.15, -0.1) is 12.4 Å². The summed E-state index contributed by atoms with van der Waals surface area (Å²) in [4.78, 5) is 12.3. The number of nitrogen functional groups attached to an aromatic ring is 1. The molecule has 0 radical (unpaired) electrons. The fraction of sp³-hybridized carbons (Fsp3) is 0.611. The van der Waals surface area contributed by atoms with Crippen molar-refractivity contribution in [3.63, 3.8) is 0 Å². The molecule has 2 unspecified atom stereocenters. The predicted octanol–water partition coefficient (Wildman–Crippen LogP) is 3.79. The first kappa shape index (κ1) is 19.8. The van der Waals surface area contributed by atoms with Gasteiger partial charge >= 0.3 is 5.97 Å². The van der Waals surface area contributed by atoms with Crippen molar-refractivity contribution in [3.8, 4) is 0 Å². The number of halogens is 1. The Hall–Kier alpha value is -1.26. The molecule has 2 atom stereocenters. The van der Waals surface area contributed by atoms with Gasteiger partial charge in [-0.25, -0.2) is 4.79 Å². The Kier molecular flexibility index (Phi) is 8.42. The van der Waals surface area contributed by atoms with Crippen LogP contribution in [0.25, 0.3) is 0 Å². The normalized spacial score (nSPS) is 17.8. The van der Waals surface area contributed by atoms with Gasteiger partial charge in [0.05, 0.1) is 5.56 Å². The minimum absolute atomic E-state index is 0. The first-order valence-electron chi connectivity index (χ1n) is 8.41. The number of benzene rings is 1. The zero-order valence-corrected chi connectivity index (χ0v) is 14.9. The van der Waals surface area contributed by atoms with Crippen molar-refractivity contribution < 1.29 is 9.53 Å². The lowest BCUT2D eigenvalue weighted by Gasteiger charge is -2.34. The topological polar surface area (TPSA) is 64.3 Å².